The van der Waals surface area contributed by atoms with E-state index in [1.54, 1.807) is 19.4 Å². The van der Waals surface area contributed by atoms with E-state index in [1.165, 1.54) is 10.8 Å². The average Bonchev–Trinajstić information content (AvgIpc) is 3.51. The van der Waals surface area contributed by atoms with Gasteiger partial charge in [-0.05, 0) is 48.0 Å². The zero-order valence-corrected chi connectivity index (χ0v) is 25.3. The molecule has 0 aliphatic carbocycles. The van der Waals surface area contributed by atoms with Crippen molar-refractivity contribution in [3.05, 3.63) is 77.0 Å². The molecule has 0 unspecified atom stereocenters. The molecule has 5 aromatic rings. The highest BCUT2D eigenvalue weighted by Crippen LogP contribution is 2.36. The monoisotopic (exact) mass is 577 g/mol. The second-order valence-electron chi connectivity index (χ2n) is 11.6. The maximum Gasteiger partial charge on any atom is 0.274 e. The summed E-state index contributed by atoms with van der Waals surface area (Å²) in [5, 5.41) is 9.78. The standard InChI is InChI=1S/C29H35N5O4SSi/c1-33-17-25(23-10-11-30-28(23)29(33)35)24-14-20(18-39(2,36)37)6-8-26(24)32-22-7-9-27-21(15-22)16-31-34(27)19-38-12-13-40(3,4)5/h6-11,14-17,30,32H,12-13,18-19H2,1-5H3. The molecule has 0 amide bonds. The van der Waals surface area contributed by atoms with Crippen LogP contribution in [0.1, 0.15) is 5.56 Å². The Balaban J connectivity index is 1.49. The van der Waals surface area contributed by atoms with Gasteiger partial charge in [0, 0.05) is 73.7 Å². The van der Waals surface area contributed by atoms with Crippen LogP contribution >= 0.6 is 0 Å². The predicted molar refractivity (Wildman–Crippen MR) is 165 cm³/mol. The Morgan fingerprint density at radius 3 is 2.62 bits per heavy atom. The lowest BCUT2D eigenvalue weighted by Crippen LogP contribution is -2.22. The zero-order valence-electron chi connectivity index (χ0n) is 23.5. The molecular weight excluding hydrogens is 543 g/mol. The quantitative estimate of drug-likeness (QED) is 0.168. The maximum atomic E-state index is 12.7. The molecule has 0 spiro atoms. The first-order valence-corrected chi connectivity index (χ1v) is 18.9. The minimum atomic E-state index is -3.23. The van der Waals surface area contributed by atoms with E-state index in [1.807, 2.05) is 53.3 Å². The fourth-order valence-corrected chi connectivity index (χ4v) is 6.29. The van der Waals surface area contributed by atoms with Crippen LogP contribution in [0.15, 0.2) is 65.8 Å². The summed E-state index contributed by atoms with van der Waals surface area (Å²) in [5.41, 5.74) is 5.30. The third kappa shape index (κ3) is 6.21. The van der Waals surface area contributed by atoms with Gasteiger partial charge in [-0.25, -0.2) is 13.1 Å². The van der Waals surface area contributed by atoms with Crippen molar-refractivity contribution >= 4 is 51.1 Å². The normalized spacial score (nSPS) is 12.4. The molecule has 11 heteroatoms. The number of aryl methyl sites for hydroxylation is 1. The van der Waals surface area contributed by atoms with Crippen LogP contribution in [0.5, 0.6) is 0 Å². The predicted octanol–water partition coefficient (Wildman–Crippen LogP) is 5.48. The second kappa shape index (κ2) is 10.7. The number of hydrogen-bond donors (Lipinski definition) is 2. The van der Waals surface area contributed by atoms with E-state index in [-0.39, 0.29) is 11.3 Å². The molecular formula is C29H35N5O4SSi. The van der Waals surface area contributed by atoms with Crippen molar-refractivity contribution in [2.45, 2.75) is 38.2 Å². The number of rotatable bonds is 10. The van der Waals surface area contributed by atoms with Crippen molar-refractivity contribution in [1.29, 1.82) is 0 Å². The van der Waals surface area contributed by atoms with E-state index in [9.17, 15) is 13.2 Å². The van der Waals surface area contributed by atoms with Crippen LogP contribution in [0.4, 0.5) is 11.4 Å². The first-order valence-electron chi connectivity index (χ1n) is 13.2. The lowest BCUT2D eigenvalue weighted by Gasteiger charge is -2.16. The second-order valence-corrected chi connectivity index (χ2v) is 19.3. The Hall–Kier alpha value is -3.67. The van der Waals surface area contributed by atoms with E-state index in [0.717, 1.165) is 51.4 Å². The molecule has 0 bridgehead atoms. The molecule has 0 saturated heterocycles. The van der Waals surface area contributed by atoms with Crippen molar-refractivity contribution in [3.8, 4) is 11.1 Å². The Morgan fingerprint density at radius 2 is 1.88 bits per heavy atom. The summed E-state index contributed by atoms with van der Waals surface area (Å²) in [4.78, 5) is 15.7. The smallest absolute Gasteiger partial charge is 0.274 e. The van der Waals surface area contributed by atoms with Crippen LogP contribution in [0.25, 0.3) is 32.9 Å². The Labute approximate surface area is 234 Å². The molecule has 5 rings (SSSR count). The maximum absolute atomic E-state index is 12.7. The molecule has 0 fully saturated rings. The molecule has 210 valence electrons. The summed E-state index contributed by atoms with van der Waals surface area (Å²) in [6, 6.07) is 14.6. The fourth-order valence-electron chi connectivity index (χ4n) is 4.75. The largest absolute Gasteiger partial charge is 0.360 e. The summed E-state index contributed by atoms with van der Waals surface area (Å²) >= 11 is 0. The Morgan fingerprint density at radius 1 is 1.07 bits per heavy atom. The van der Waals surface area contributed by atoms with Crippen LogP contribution in [0.3, 0.4) is 0 Å². The molecule has 0 atom stereocenters. The van der Waals surface area contributed by atoms with Crippen molar-refractivity contribution in [3.63, 3.8) is 0 Å². The molecule has 3 aromatic heterocycles. The van der Waals surface area contributed by atoms with E-state index in [0.29, 0.717) is 17.8 Å². The number of pyridine rings is 1. The molecule has 40 heavy (non-hydrogen) atoms. The van der Waals surface area contributed by atoms with Gasteiger partial charge in [0.05, 0.1) is 17.5 Å². The number of nitrogens with one attached hydrogen (secondary N) is 2. The van der Waals surface area contributed by atoms with E-state index >= 15 is 0 Å². The molecule has 0 radical (unpaired) electrons. The van der Waals surface area contributed by atoms with Crippen molar-refractivity contribution in [2.24, 2.45) is 7.05 Å². The highest BCUT2D eigenvalue weighted by Gasteiger charge is 2.17. The minimum Gasteiger partial charge on any atom is -0.360 e. The summed E-state index contributed by atoms with van der Waals surface area (Å²) in [5.74, 6) is -0.0759. The van der Waals surface area contributed by atoms with Crippen LogP contribution < -0.4 is 10.9 Å². The summed E-state index contributed by atoms with van der Waals surface area (Å²) in [6.45, 7) is 8.14. The summed E-state index contributed by atoms with van der Waals surface area (Å²) in [6.07, 6.45) is 6.58. The highest BCUT2D eigenvalue weighted by atomic mass is 32.2. The SMILES string of the molecule is Cn1cc(-c2cc(CS(C)(=O)=O)ccc2Nc2ccc3c(cnn3COCC[Si](C)(C)C)c2)c2cc[nH]c2c1=O. The topological polar surface area (TPSA) is 111 Å². The van der Waals surface area contributed by atoms with Crippen molar-refractivity contribution in [1.82, 2.24) is 19.3 Å². The van der Waals surface area contributed by atoms with Gasteiger partial charge in [-0.3, -0.25) is 4.79 Å². The third-order valence-corrected chi connectivity index (χ3v) is 9.39. The lowest BCUT2D eigenvalue weighted by molar-refractivity contribution is 0.0817. The van der Waals surface area contributed by atoms with Crippen LogP contribution in [-0.2, 0) is 34.1 Å². The lowest BCUT2D eigenvalue weighted by atomic mass is 9.99. The number of benzene rings is 2. The van der Waals surface area contributed by atoms with E-state index in [2.05, 4.69) is 35.0 Å². The molecule has 0 aliphatic rings. The molecule has 3 heterocycles. The first kappa shape index (κ1) is 27.9. The summed E-state index contributed by atoms with van der Waals surface area (Å²) in [7, 11) is -2.67. The number of sulfone groups is 1. The first-order chi connectivity index (χ1) is 18.9. The van der Waals surface area contributed by atoms with Crippen LogP contribution in [-0.4, -0.2) is 48.7 Å². The van der Waals surface area contributed by atoms with Gasteiger partial charge in [0.1, 0.15) is 12.2 Å². The van der Waals surface area contributed by atoms with Gasteiger partial charge < -0.3 is 19.6 Å². The number of hydrogen-bond acceptors (Lipinski definition) is 6. The van der Waals surface area contributed by atoms with E-state index in [4.69, 9.17) is 4.74 Å². The van der Waals surface area contributed by atoms with Gasteiger partial charge in [0.2, 0.25) is 0 Å². The van der Waals surface area contributed by atoms with Gasteiger partial charge in [-0.1, -0.05) is 25.7 Å². The van der Waals surface area contributed by atoms with Crippen LogP contribution in [0.2, 0.25) is 25.7 Å². The number of ether oxygens (including phenoxy) is 1. The van der Waals surface area contributed by atoms with Crippen LogP contribution in [0, 0.1) is 0 Å². The average molecular weight is 578 g/mol. The van der Waals surface area contributed by atoms with Gasteiger partial charge in [0.15, 0.2) is 9.84 Å². The third-order valence-electron chi connectivity index (χ3n) is 6.83. The summed E-state index contributed by atoms with van der Waals surface area (Å²) < 4.78 is 33.4. The molecule has 0 saturated carbocycles. The number of H-pyrrole nitrogens is 1. The highest BCUT2D eigenvalue weighted by molar-refractivity contribution is 7.89. The number of aromatic amines is 1. The van der Waals surface area contributed by atoms with Gasteiger partial charge in [0.25, 0.3) is 5.56 Å². The minimum absolute atomic E-state index is 0.0759. The number of anilines is 2. The van der Waals surface area contributed by atoms with Gasteiger partial charge >= 0.3 is 0 Å². The molecule has 2 aromatic carbocycles. The Kier molecular flexibility index (Phi) is 7.47. The van der Waals surface area contributed by atoms with Gasteiger partial charge in [-0.15, -0.1) is 0 Å². The number of fused-ring (bicyclic) bond motifs is 2. The number of aromatic nitrogens is 4. The fraction of sp³-hybridized carbons (Fsp3) is 0.310. The Bertz CT molecular complexity index is 1870. The molecule has 0 aliphatic heterocycles. The number of nitrogens with zero attached hydrogens (tertiary/aromatic N) is 3. The molecule has 9 nitrogen and oxygen atoms in total. The van der Waals surface area contributed by atoms with E-state index < -0.39 is 17.9 Å². The van der Waals surface area contributed by atoms with Gasteiger partial charge in [-0.2, -0.15) is 5.10 Å². The molecule has 2 N–H and O–H groups in total. The van der Waals surface area contributed by atoms with Crippen molar-refractivity contribution < 1.29 is 13.2 Å². The zero-order chi connectivity index (χ0) is 28.7. The van der Waals surface area contributed by atoms with Crippen molar-refractivity contribution in [2.75, 3.05) is 18.2 Å².